The standard InChI is InChI=1S/C12H10ClNO/c1-8-2-4-10(13)6-11(8)9-3-5-12(15)14-7-9/h2-7H,1H3,(H,14,15). The highest BCUT2D eigenvalue weighted by atomic mass is 35.5. The molecule has 0 radical (unpaired) electrons. The van der Waals surface area contributed by atoms with E-state index >= 15 is 0 Å². The molecule has 1 heterocycles. The molecule has 0 spiro atoms. The fraction of sp³-hybridized carbons (Fsp3) is 0.0833. The molecule has 15 heavy (non-hydrogen) atoms. The van der Waals surface area contributed by atoms with Gasteiger partial charge in [-0.05, 0) is 41.8 Å². The molecule has 1 aromatic carbocycles. The maximum absolute atomic E-state index is 10.9. The van der Waals surface area contributed by atoms with Gasteiger partial charge in [-0.15, -0.1) is 0 Å². The van der Waals surface area contributed by atoms with Crippen LogP contribution in [0.1, 0.15) is 5.56 Å². The van der Waals surface area contributed by atoms with Crippen LogP contribution in [0, 0.1) is 6.92 Å². The zero-order chi connectivity index (χ0) is 10.8. The molecular formula is C12H10ClNO. The number of hydrogen-bond donors (Lipinski definition) is 1. The van der Waals surface area contributed by atoms with Crippen molar-refractivity contribution in [3.05, 3.63) is 57.5 Å². The Bertz CT molecular complexity index is 525. The van der Waals surface area contributed by atoms with Crippen molar-refractivity contribution >= 4 is 11.6 Å². The highest BCUT2D eigenvalue weighted by Gasteiger charge is 2.02. The van der Waals surface area contributed by atoms with Gasteiger partial charge < -0.3 is 4.98 Å². The second-order valence-corrected chi connectivity index (χ2v) is 3.84. The van der Waals surface area contributed by atoms with E-state index in [0.717, 1.165) is 16.7 Å². The van der Waals surface area contributed by atoms with Crippen LogP contribution >= 0.6 is 11.6 Å². The molecule has 0 aliphatic rings. The highest BCUT2D eigenvalue weighted by molar-refractivity contribution is 6.30. The normalized spacial score (nSPS) is 10.3. The van der Waals surface area contributed by atoms with Crippen LogP contribution in [0.2, 0.25) is 5.02 Å². The highest BCUT2D eigenvalue weighted by Crippen LogP contribution is 2.25. The van der Waals surface area contributed by atoms with Gasteiger partial charge in [0, 0.05) is 17.3 Å². The monoisotopic (exact) mass is 219 g/mol. The first-order valence-electron chi connectivity index (χ1n) is 4.62. The third kappa shape index (κ3) is 2.10. The minimum Gasteiger partial charge on any atom is -0.328 e. The number of aromatic nitrogens is 1. The van der Waals surface area contributed by atoms with E-state index in [0.29, 0.717) is 5.02 Å². The minimum absolute atomic E-state index is 0.0987. The summed E-state index contributed by atoms with van der Waals surface area (Å²) in [4.78, 5) is 13.6. The third-order valence-corrected chi connectivity index (χ3v) is 2.53. The largest absolute Gasteiger partial charge is 0.328 e. The number of hydrogen-bond acceptors (Lipinski definition) is 1. The van der Waals surface area contributed by atoms with Gasteiger partial charge >= 0.3 is 0 Å². The molecule has 0 aliphatic carbocycles. The van der Waals surface area contributed by atoms with Crippen molar-refractivity contribution in [1.29, 1.82) is 0 Å². The van der Waals surface area contributed by atoms with Gasteiger partial charge in [0.1, 0.15) is 0 Å². The van der Waals surface area contributed by atoms with Crippen molar-refractivity contribution in [3.63, 3.8) is 0 Å². The first kappa shape index (κ1) is 9.99. The first-order valence-corrected chi connectivity index (χ1v) is 5.00. The average Bonchev–Trinajstić information content (AvgIpc) is 2.23. The molecule has 0 amide bonds. The number of nitrogens with one attached hydrogen (secondary N) is 1. The fourth-order valence-corrected chi connectivity index (χ4v) is 1.66. The maximum Gasteiger partial charge on any atom is 0.247 e. The van der Waals surface area contributed by atoms with E-state index in [1.165, 1.54) is 6.07 Å². The van der Waals surface area contributed by atoms with Gasteiger partial charge in [0.2, 0.25) is 5.56 Å². The van der Waals surface area contributed by atoms with Crippen molar-refractivity contribution < 1.29 is 0 Å². The quantitative estimate of drug-likeness (QED) is 0.786. The number of aryl methyl sites for hydroxylation is 1. The Labute approximate surface area is 92.5 Å². The smallest absolute Gasteiger partial charge is 0.247 e. The Morgan fingerprint density at radius 1 is 1.20 bits per heavy atom. The number of pyridine rings is 1. The van der Waals surface area contributed by atoms with Gasteiger partial charge in [-0.25, -0.2) is 0 Å². The molecule has 3 heteroatoms. The van der Waals surface area contributed by atoms with E-state index in [1.807, 2.05) is 25.1 Å². The number of benzene rings is 1. The van der Waals surface area contributed by atoms with Gasteiger partial charge in [-0.1, -0.05) is 17.7 Å². The Kier molecular flexibility index (Phi) is 2.60. The fourth-order valence-electron chi connectivity index (χ4n) is 1.48. The summed E-state index contributed by atoms with van der Waals surface area (Å²) in [5.74, 6) is 0. The SMILES string of the molecule is Cc1ccc(Cl)cc1-c1ccc(=O)[nH]c1. The van der Waals surface area contributed by atoms with E-state index in [-0.39, 0.29) is 5.56 Å². The molecule has 2 aromatic rings. The number of halogens is 1. The molecule has 2 nitrogen and oxygen atoms in total. The first-order chi connectivity index (χ1) is 7.16. The summed E-state index contributed by atoms with van der Waals surface area (Å²) in [6.07, 6.45) is 1.70. The molecule has 0 saturated carbocycles. The molecule has 1 N–H and O–H groups in total. The molecular weight excluding hydrogens is 210 g/mol. The van der Waals surface area contributed by atoms with Gasteiger partial charge in [0.25, 0.3) is 0 Å². The van der Waals surface area contributed by atoms with Crippen molar-refractivity contribution in [3.8, 4) is 11.1 Å². The van der Waals surface area contributed by atoms with Crippen LogP contribution in [-0.4, -0.2) is 4.98 Å². The molecule has 0 fully saturated rings. The van der Waals surface area contributed by atoms with E-state index in [4.69, 9.17) is 11.6 Å². The second kappa shape index (κ2) is 3.91. The van der Waals surface area contributed by atoms with Crippen LogP contribution in [0.3, 0.4) is 0 Å². The summed E-state index contributed by atoms with van der Waals surface area (Å²) < 4.78 is 0. The lowest BCUT2D eigenvalue weighted by molar-refractivity contribution is 1.24. The lowest BCUT2D eigenvalue weighted by Gasteiger charge is -2.05. The number of aromatic amines is 1. The molecule has 0 saturated heterocycles. The predicted molar refractivity (Wildman–Crippen MR) is 62.2 cm³/mol. The van der Waals surface area contributed by atoms with Crippen LogP contribution in [0.15, 0.2) is 41.3 Å². The van der Waals surface area contributed by atoms with Crippen LogP contribution in [0.25, 0.3) is 11.1 Å². The van der Waals surface area contributed by atoms with Crippen LogP contribution in [-0.2, 0) is 0 Å². The molecule has 0 atom stereocenters. The van der Waals surface area contributed by atoms with Gasteiger partial charge in [0.15, 0.2) is 0 Å². The molecule has 1 aromatic heterocycles. The second-order valence-electron chi connectivity index (χ2n) is 3.40. The molecule has 2 rings (SSSR count). The summed E-state index contributed by atoms with van der Waals surface area (Å²) in [6.45, 7) is 2.01. The summed E-state index contributed by atoms with van der Waals surface area (Å²) in [5, 5.41) is 0.696. The van der Waals surface area contributed by atoms with Crippen molar-refractivity contribution in [2.45, 2.75) is 6.92 Å². The van der Waals surface area contributed by atoms with E-state index in [1.54, 1.807) is 12.3 Å². The maximum atomic E-state index is 10.9. The Balaban J connectivity index is 2.58. The van der Waals surface area contributed by atoms with Crippen molar-refractivity contribution in [2.75, 3.05) is 0 Å². The lowest BCUT2D eigenvalue weighted by Crippen LogP contribution is -2.01. The minimum atomic E-state index is -0.0987. The van der Waals surface area contributed by atoms with E-state index < -0.39 is 0 Å². The van der Waals surface area contributed by atoms with Gasteiger partial charge in [0.05, 0.1) is 0 Å². The van der Waals surface area contributed by atoms with Crippen molar-refractivity contribution in [2.24, 2.45) is 0 Å². The summed E-state index contributed by atoms with van der Waals surface area (Å²) >= 11 is 5.93. The van der Waals surface area contributed by atoms with Gasteiger partial charge in [-0.2, -0.15) is 0 Å². The van der Waals surface area contributed by atoms with Crippen LogP contribution < -0.4 is 5.56 Å². The summed E-state index contributed by atoms with van der Waals surface area (Å²) in [7, 11) is 0. The lowest BCUT2D eigenvalue weighted by atomic mass is 10.0. The summed E-state index contributed by atoms with van der Waals surface area (Å²) in [5.41, 5.74) is 3.04. The third-order valence-electron chi connectivity index (χ3n) is 2.29. The number of rotatable bonds is 1. The Morgan fingerprint density at radius 3 is 2.67 bits per heavy atom. The molecule has 76 valence electrons. The van der Waals surface area contributed by atoms with Crippen LogP contribution in [0.5, 0.6) is 0 Å². The van der Waals surface area contributed by atoms with Gasteiger partial charge in [-0.3, -0.25) is 4.79 Å². The molecule has 0 aliphatic heterocycles. The topological polar surface area (TPSA) is 32.9 Å². The zero-order valence-electron chi connectivity index (χ0n) is 8.25. The van der Waals surface area contributed by atoms with Crippen molar-refractivity contribution in [1.82, 2.24) is 4.98 Å². The average molecular weight is 220 g/mol. The Morgan fingerprint density at radius 2 is 2.00 bits per heavy atom. The molecule has 0 unspecified atom stereocenters. The Hall–Kier alpha value is -1.54. The predicted octanol–water partition coefficient (Wildman–Crippen LogP) is 3.00. The summed E-state index contributed by atoms with van der Waals surface area (Å²) in [6, 6.07) is 9.01. The molecule has 0 bridgehead atoms. The van der Waals surface area contributed by atoms with Crippen LogP contribution in [0.4, 0.5) is 0 Å². The van der Waals surface area contributed by atoms with E-state index in [9.17, 15) is 4.79 Å². The zero-order valence-corrected chi connectivity index (χ0v) is 9.01. The van der Waals surface area contributed by atoms with E-state index in [2.05, 4.69) is 4.98 Å². The number of H-pyrrole nitrogens is 1.